The van der Waals surface area contributed by atoms with Gasteiger partial charge in [0, 0.05) is 0 Å². The van der Waals surface area contributed by atoms with Gasteiger partial charge in [0.15, 0.2) is 0 Å². The minimum atomic E-state index is 1.14. The highest BCUT2D eigenvalue weighted by atomic mass is 15.1. The lowest BCUT2D eigenvalue weighted by Crippen LogP contribution is -2.21. The van der Waals surface area contributed by atoms with Crippen molar-refractivity contribution in [2.75, 3.05) is 33.7 Å². The normalized spacial score (nSPS) is 10.7. The second-order valence-corrected chi connectivity index (χ2v) is 3.54. The van der Waals surface area contributed by atoms with Crippen LogP contribution in [-0.4, -0.2) is 38.6 Å². The van der Waals surface area contributed by atoms with Crippen LogP contribution in [0.3, 0.4) is 0 Å². The van der Waals surface area contributed by atoms with Crippen LogP contribution in [-0.2, 0) is 0 Å². The predicted octanol–water partition coefficient (Wildman–Crippen LogP) is 1.88. The number of nitrogens with one attached hydrogen (secondary N) is 1. The van der Waals surface area contributed by atoms with Crippen molar-refractivity contribution in [2.24, 2.45) is 0 Å². The molecule has 0 aliphatic heterocycles. The zero-order valence-corrected chi connectivity index (χ0v) is 9.18. The summed E-state index contributed by atoms with van der Waals surface area (Å²) in [6.45, 7) is 7.28. The van der Waals surface area contributed by atoms with E-state index >= 15 is 0 Å². The van der Waals surface area contributed by atoms with Crippen molar-refractivity contribution in [1.29, 1.82) is 0 Å². The zero-order valence-electron chi connectivity index (χ0n) is 9.18. The lowest BCUT2D eigenvalue weighted by molar-refractivity contribution is 0.322. The highest BCUT2D eigenvalue weighted by Crippen LogP contribution is 1.96. The molecule has 0 aliphatic rings. The second-order valence-electron chi connectivity index (χ2n) is 3.54. The SMILES string of the molecule is C=CCCCN(C)CCCCNC. The predicted molar refractivity (Wildman–Crippen MR) is 60.1 cm³/mol. The minimum absolute atomic E-state index is 1.14. The molecule has 1 N–H and O–H groups in total. The van der Waals surface area contributed by atoms with Gasteiger partial charge < -0.3 is 10.2 Å². The second kappa shape index (κ2) is 9.75. The Balaban J connectivity index is 3.09. The van der Waals surface area contributed by atoms with Crippen LogP contribution in [0.1, 0.15) is 25.7 Å². The van der Waals surface area contributed by atoms with Crippen molar-refractivity contribution in [3.05, 3.63) is 12.7 Å². The molecule has 0 aliphatic carbocycles. The highest BCUT2D eigenvalue weighted by molar-refractivity contribution is 4.66. The Hall–Kier alpha value is -0.340. The molecule has 0 radical (unpaired) electrons. The van der Waals surface area contributed by atoms with Crippen LogP contribution >= 0.6 is 0 Å². The Morgan fingerprint density at radius 2 is 1.92 bits per heavy atom. The molecule has 0 atom stereocenters. The first kappa shape index (κ1) is 12.7. The van der Waals surface area contributed by atoms with E-state index < -0.39 is 0 Å². The van der Waals surface area contributed by atoms with Crippen LogP contribution in [0.15, 0.2) is 12.7 Å². The molecular formula is C11H24N2. The lowest BCUT2D eigenvalue weighted by Gasteiger charge is -2.15. The van der Waals surface area contributed by atoms with Gasteiger partial charge in [0.2, 0.25) is 0 Å². The zero-order chi connectivity index (χ0) is 9.94. The maximum absolute atomic E-state index is 3.72. The average Bonchev–Trinajstić information content (AvgIpc) is 2.13. The summed E-state index contributed by atoms with van der Waals surface area (Å²) in [6, 6.07) is 0. The largest absolute Gasteiger partial charge is 0.320 e. The summed E-state index contributed by atoms with van der Waals surface area (Å²) in [6.07, 6.45) is 6.95. The van der Waals surface area contributed by atoms with E-state index in [2.05, 4.69) is 23.8 Å². The molecule has 13 heavy (non-hydrogen) atoms. The van der Waals surface area contributed by atoms with Crippen LogP contribution in [0.4, 0.5) is 0 Å². The molecule has 0 heterocycles. The number of hydrogen-bond donors (Lipinski definition) is 1. The van der Waals surface area contributed by atoms with Gasteiger partial charge in [0.05, 0.1) is 0 Å². The van der Waals surface area contributed by atoms with Crippen molar-refractivity contribution in [3.8, 4) is 0 Å². The van der Waals surface area contributed by atoms with E-state index in [9.17, 15) is 0 Å². The summed E-state index contributed by atoms with van der Waals surface area (Å²) in [5.74, 6) is 0. The number of rotatable bonds is 9. The summed E-state index contributed by atoms with van der Waals surface area (Å²) in [7, 11) is 4.20. The fraction of sp³-hybridized carbons (Fsp3) is 0.818. The maximum Gasteiger partial charge on any atom is -0.00188 e. The third kappa shape index (κ3) is 9.57. The summed E-state index contributed by atoms with van der Waals surface area (Å²) < 4.78 is 0. The van der Waals surface area contributed by atoms with Crippen molar-refractivity contribution in [2.45, 2.75) is 25.7 Å². The molecule has 0 aromatic carbocycles. The summed E-state index contributed by atoms with van der Waals surface area (Å²) >= 11 is 0. The molecule has 2 heteroatoms. The first-order chi connectivity index (χ1) is 6.31. The smallest absolute Gasteiger partial charge is 0.00188 e. The number of allylic oxidation sites excluding steroid dienone is 1. The van der Waals surface area contributed by atoms with Gasteiger partial charge in [0.25, 0.3) is 0 Å². The van der Waals surface area contributed by atoms with Crippen LogP contribution in [0.2, 0.25) is 0 Å². The maximum atomic E-state index is 3.72. The molecule has 0 rings (SSSR count). The first-order valence-corrected chi connectivity index (χ1v) is 5.25. The van der Waals surface area contributed by atoms with Crippen molar-refractivity contribution in [3.63, 3.8) is 0 Å². The number of nitrogens with zero attached hydrogens (tertiary/aromatic N) is 1. The van der Waals surface area contributed by atoms with Gasteiger partial charge in [-0.25, -0.2) is 0 Å². The van der Waals surface area contributed by atoms with Crippen LogP contribution in [0.25, 0.3) is 0 Å². The molecule has 78 valence electrons. The van der Waals surface area contributed by atoms with Crippen LogP contribution in [0.5, 0.6) is 0 Å². The van der Waals surface area contributed by atoms with Crippen molar-refractivity contribution >= 4 is 0 Å². The van der Waals surface area contributed by atoms with E-state index in [-0.39, 0.29) is 0 Å². The molecule has 0 unspecified atom stereocenters. The van der Waals surface area contributed by atoms with Crippen LogP contribution in [0, 0.1) is 0 Å². The average molecular weight is 184 g/mol. The standard InChI is InChI=1S/C11H24N2/c1-4-5-7-10-13(3)11-8-6-9-12-2/h4,12H,1,5-11H2,2-3H3. The van der Waals surface area contributed by atoms with E-state index in [0.29, 0.717) is 0 Å². The van der Waals surface area contributed by atoms with Gasteiger partial charge in [-0.15, -0.1) is 6.58 Å². The third-order valence-corrected chi connectivity index (χ3v) is 2.16. The highest BCUT2D eigenvalue weighted by Gasteiger charge is 1.96. The van der Waals surface area contributed by atoms with Gasteiger partial charge in [-0.05, 0) is 59.4 Å². The molecule has 0 aromatic heterocycles. The minimum Gasteiger partial charge on any atom is -0.320 e. The van der Waals surface area contributed by atoms with Gasteiger partial charge in [0.1, 0.15) is 0 Å². The first-order valence-electron chi connectivity index (χ1n) is 5.25. The third-order valence-electron chi connectivity index (χ3n) is 2.16. The topological polar surface area (TPSA) is 15.3 Å². The molecular weight excluding hydrogens is 160 g/mol. The molecule has 2 nitrogen and oxygen atoms in total. The number of hydrogen-bond acceptors (Lipinski definition) is 2. The number of unbranched alkanes of at least 4 members (excludes halogenated alkanes) is 2. The summed E-state index contributed by atoms with van der Waals surface area (Å²) in [5, 5.41) is 3.16. The lowest BCUT2D eigenvalue weighted by atomic mass is 10.2. The molecule has 0 amide bonds. The van der Waals surface area contributed by atoms with E-state index in [1.807, 2.05) is 13.1 Å². The van der Waals surface area contributed by atoms with Gasteiger partial charge >= 0.3 is 0 Å². The van der Waals surface area contributed by atoms with Gasteiger partial charge in [-0.1, -0.05) is 6.08 Å². The fourth-order valence-corrected chi connectivity index (χ4v) is 1.30. The Morgan fingerprint density at radius 3 is 2.54 bits per heavy atom. The molecule has 0 bridgehead atoms. The van der Waals surface area contributed by atoms with E-state index in [1.165, 1.54) is 32.4 Å². The monoisotopic (exact) mass is 184 g/mol. The fourth-order valence-electron chi connectivity index (χ4n) is 1.30. The Bertz CT molecular complexity index is 113. The van der Waals surface area contributed by atoms with E-state index in [0.717, 1.165) is 13.0 Å². The summed E-state index contributed by atoms with van der Waals surface area (Å²) in [5.41, 5.74) is 0. The summed E-state index contributed by atoms with van der Waals surface area (Å²) in [4.78, 5) is 2.40. The molecule has 0 aromatic rings. The van der Waals surface area contributed by atoms with Gasteiger partial charge in [-0.3, -0.25) is 0 Å². The molecule has 0 spiro atoms. The van der Waals surface area contributed by atoms with Crippen molar-refractivity contribution < 1.29 is 0 Å². The van der Waals surface area contributed by atoms with E-state index in [4.69, 9.17) is 0 Å². The Morgan fingerprint density at radius 1 is 1.23 bits per heavy atom. The van der Waals surface area contributed by atoms with E-state index in [1.54, 1.807) is 0 Å². The Labute approximate surface area is 83.0 Å². The molecule has 0 saturated heterocycles. The quantitative estimate of drug-likeness (QED) is 0.435. The Kier molecular flexibility index (Phi) is 9.49. The molecule has 0 fully saturated rings. The molecule has 0 saturated carbocycles. The van der Waals surface area contributed by atoms with Gasteiger partial charge in [-0.2, -0.15) is 0 Å². The van der Waals surface area contributed by atoms with Crippen molar-refractivity contribution in [1.82, 2.24) is 10.2 Å². The van der Waals surface area contributed by atoms with Crippen LogP contribution < -0.4 is 5.32 Å².